The van der Waals surface area contributed by atoms with Crippen molar-refractivity contribution in [1.82, 2.24) is 10.2 Å². The first-order valence-electron chi connectivity index (χ1n) is 9.53. The normalized spacial score (nSPS) is 14.0. The third-order valence-corrected chi connectivity index (χ3v) is 5.89. The van der Waals surface area contributed by atoms with E-state index in [2.05, 4.69) is 20.4 Å². The molecule has 1 aromatic heterocycles. The molecule has 8 nitrogen and oxygen atoms in total. The number of nitrogens with two attached hydrogens (primary N) is 1. The largest absolute Gasteiger partial charge is 0.355 e. The van der Waals surface area contributed by atoms with Gasteiger partial charge in [0.05, 0.1) is 10.6 Å². The van der Waals surface area contributed by atoms with Gasteiger partial charge in [-0.15, -0.1) is 10.2 Å². The molecule has 0 aliphatic carbocycles. The molecule has 0 atom stereocenters. The fourth-order valence-corrected chi connectivity index (χ4v) is 3.83. The first-order chi connectivity index (χ1) is 14.4. The van der Waals surface area contributed by atoms with E-state index in [1.165, 1.54) is 37.1 Å². The Kier molecular flexibility index (Phi) is 5.47. The summed E-state index contributed by atoms with van der Waals surface area (Å²) in [7, 11) is -3.79. The van der Waals surface area contributed by atoms with Gasteiger partial charge in [-0.25, -0.2) is 13.6 Å². The number of hydrogen-bond donors (Lipinski definition) is 2. The Morgan fingerprint density at radius 1 is 0.900 bits per heavy atom. The van der Waals surface area contributed by atoms with Crippen molar-refractivity contribution >= 4 is 27.4 Å². The van der Waals surface area contributed by atoms with E-state index in [0.29, 0.717) is 11.3 Å². The molecule has 1 saturated heterocycles. The molecule has 1 aliphatic rings. The average Bonchev–Trinajstić information content (AvgIpc) is 3.29. The summed E-state index contributed by atoms with van der Waals surface area (Å²) in [6.45, 7) is 2.04. The number of carbonyl (C=O) groups excluding carboxylic acids is 1. The maximum atomic E-state index is 12.4. The van der Waals surface area contributed by atoms with E-state index in [4.69, 9.17) is 5.14 Å². The standard InChI is InChI=1S/C21H21N5O3S/c22-30(28,29)18-9-5-16(6-10-18)21(27)23-17-7-3-15(4-8-17)19-11-12-20(25-24-19)26-13-1-2-14-26/h3-12H,1-2,13-14H2,(H,23,27)(H2,22,28,29). The summed E-state index contributed by atoms with van der Waals surface area (Å²) in [6.07, 6.45) is 2.37. The maximum Gasteiger partial charge on any atom is 0.255 e. The second-order valence-corrected chi connectivity index (χ2v) is 8.63. The smallest absolute Gasteiger partial charge is 0.255 e. The van der Waals surface area contributed by atoms with Crippen LogP contribution in [0.3, 0.4) is 0 Å². The minimum Gasteiger partial charge on any atom is -0.355 e. The van der Waals surface area contributed by atoms with Gasteiger partial charge in [0.2, 0.25) is 10.0 Å². The van der Waals surface area contributed by atoms with E-state index in [1.54, 1.807) is 12.1 Å². The molecule has 3 aromatic rings. The molecule has 3 N–H and O–H groups in total. The number of amides is 1. The summed E-state index contributed by atoms with van der Waals surface area (Å²) in [4.78, 5) is 14.6. The zero-order valence-electron chi connectivity index (χ0n) is 16.2. The minimum absolute atomic E-state index is 0.0414. The molecule has 2 aromatic carbocycles. The lowest BCUT2D eigenvalue weighted by Gasteiger charge is -2.15. The molecule has 0 bridgehead atoms. The van der Waals surface area contributed by atoms with Gasteiger partial charge in [-0.1, -0.05) is 12.1 Å². The number of nitrogens with zero attached hydrogens (tertiary/aromatic N) is 3. The highest BCUT2D eigenvalue weighted by molar-refractivity contribution is 7.89. The highest BCUT2D eigenvalue weighted by Gasteiger charge is 2.14. The minimum atomic E-state index is -3.79. The molecule has 154 valence electrons. The Morgan fingerprint density at radius 3 is 2.13 bits per heavy atom. The summed E-state index contributed by atoms with van der Waals surface area (Å²) in [5.41, 5.74) is 2.59. The molecule has 0 radical (unpaired) electrons. The molecule has 1 aliphatic heterocycles. The van der Waals surface area contributed by atoms with Gasteiger partial charge in [0.1, 0.15) is 0 Å². The van der Waals surface area contributed by atoms with Crippen molar-refractivity contribution in [3.8, 4) is 11.3 Å². The number of benzene rings is 2. The Hall–Kier alpha value is -3.30. The number of anilines is 2. The topological polar surface area (TPSA) is 118 Å². The van der Waals surface area contributed by atoms with Crippen molar-refractivity contribution in [1.29, 1.82) is 0 Å². The Bertz CT molecular complexity index is 1140. The molecule has 1 amide bonds. The van der Waals surface area contributed by atoms with Crippen LogP contribution in [0.1, 0.15) is 23.2 Å². The number of aromatic nitrogens is 2. The van der Waals surface area contributed by atoms with Crippen molar-refractivity contribution < 1.29 is 13.2 Å². The van der Waals surface area contributed by atoms with Gasteiger partial charge >= 0.3 is 0 Å². The number of rotatable bonds is 5. The average molecular weight is 423 g/mol. The van der Waals surface area contributed by atoms with Crippen LogP contribution in [-0.4, -0.2) is 37.6 Å². The fourth-order valence-electron chi connectivity index (χ4n) is 3.32. The SMILES string of the molecule is NS(=O)(=O)c1ccc(C(=O)Nc2ccc(-c3ccc(N4CCCC4)nn3)cc2)cc1. The predicted molar refractivity (Wildman–Crippen MR) is 115 cm³/mol. The summed E-state index contributed by atoms with van der Waals surface area (Å²) in [5.74, 6) is 0.548. The second kappa shape index (κ2) is 8.21. The van der Waals surface area contributed by atoms with Crippen molar-refractivity contribution in [3.63, 3.8) is 0 Å². The summed E-state index contributed by atoms with van der Waals surface area (Å²) >= 11 is 0. The zero-order chi connectivity index (χ0) is 21.1. The van der Waals surface area contributed by atoms with Crippen LogP contribution in [0.5, 0.6) is 0 Å². The molecule has 0 spiro atoms. The molecule has 2 heterocycles. The quantitative estimate of drug-likeness (QED) is 0.651. The fraction of sp³-hybridized carbons (Fsp3) is 0.190. The third-order valence-electron chi connectivity index (χ3n) is 4.96. The van der Waals surface area contributed by atoms with Crippen molar-refractivity contribution in [2.75, 3.05) is 23.3 Å². The number of primary sulfonamides is 1. The molecule has 4 rings (SSSR count). The van der Waals surface area contributed by atoms with E-state index in [-0.39, 0.29) is 10.8 Å². The lowest BCUT2D eigenvalue weighted by Crippen LogP contribution is -2.19. The highest BCUT2D eigenvalue weighted by Crippen LogP contribution is 2.22. The number of sulfonamides is 1. The number of hydrogen-bond acceptors (Lipinski definition) is 6. The Balaban J connectivity index is 1.42. The van der Waals surface area contributed by atoms with E-state index < -0.39 is 10.0 Å². The molecule has 9 heteroatoms. The van der Waals surface area contributed by atoms with Crippen molar-refractivity contribution in [2.24, 2.45) is 5.14 Å². The van der Waals surface area contributed by atoms with Crippen LogP contribution >= 0.6 is 0 Å². The molecular weight excluding hydrogens is 402 g/mol. The van der Waals surface area contributed by atoms with Crippen LogP contribution in [0, 0.1) is 0 Å². The Morgan fingerprint density at radius 2 is 1.57 bits per heavy atom. The highest BCUT2D eigenvalue weighted by atomic mass is 32.2. The van der Waals surface area contributed by atoms with Gasteiger partial charge in [0, 0.05) is 29.9 Å². The molecule has 1 fully saturated rings. The first kappa shape index (κ1) is 20.0. The van der Waals surface area contributed by atoms with Crippen LogP contribution in [0.25, 0.3) is 11.3 Å². The van der Waals surface area contributed by atoms with Gasteiger partial charge in [0.25, 0.3) is 5.91 Å². The lowest BCUT2D eigenvalue weighted by atomic mass is 10.1. The van der Waals surface area contributed by atoms with Crippen LogP contribution in [0.15, 0.2) is 65.6 Å². The van der Waals surface area contributed by atoms with E-state index >= 15 is 0 Å². The monoisotopic (exact) mass is 423 g/mol. The van der Waals surface area contributed by atoms with Crippen LogP contribution in [0.4, 0.5) is 11.5 Å². The van der Waals surface area contributed by atoms with Crippen LogP contribution in [-0.2, 0) is 10.0 Å². The van der Waals surface area contributed by atoms with Gasteiger partial charge in [0.15, 0.2) is 5.82 Å². The van der Waals surface area contributed by atoms with Gasteiger partial charge in [-0.3, -0.25) is 4.79 Å². The van der Waals surface area contributed by atoms with Crippen molar-refractivity contribution in [2.45, 2.75) is 17.7 Å². The number of nitrogens with one attached hydrogen (secondary N) is 1. The zero-order valence-corrected chi connectivity index (χ0v) is 17.0. The lowest BCUT2D eigenvalue weighted by molar-refractivity contribution is 0.102. The van der Waals surface area contributed by atoms with Crippen LogP contribution in [0.2, 0.25) is 0 Å². The predicted octanol–water partition coefficient (Wildman–Crippen LogP) is 2.64. The van der Waals surface area contributed by atoms with Gasteiger partial charge < -0.3 is 10.2 Å². The molecule has 0 unspecified atom stereocenters. The molecule has 30 heavy (non-hydrogen) atoms. The van der Waals surface area contributed by atoms with Crippen molar-refractivity contribution in [3.05, 3.63) is 66.2 Å². The van der Waals surface area contributed by atoms with E-state index in [1.807, 2.05) is 24.3 Å². The molecule has 0 saturated carbocycles. The first-order valence-corrected chi connectivity index (χ1v) is 11.1. The summed E-state index contributed by atoms with van der Waals surface area (Å²) < 4.78 is 22.6. The van der Waals surface area contributed by atoms with Gasteiger partial charge in [-0.05, 0) is 61.4 Å². The Labute approximate surface area is 174 Å². The summed E-state index contributed by atoms with van der Waals surface area (Å²) in [5, 5.41) is 16.5. The van der Waals surface area contributed by atoms with E-state index in [9.17, 15) is 13.2 Å². The maximum absolute atomic E-state index is 12.4. The summed E-state index contributed by atoms with van der Waals surface area (Å²) in [6, 6.07) is 16.6. The molecular formula is C21H21N5O3S. The van der Waals surface area contributed by atoms with Gasteiger partial charge in [-0.2, -0.15) is 0 Å². The third kappa shape index (κ3) is 4.47. The number of carbonyl (C=O) groups is 1. The second-order valence-electron chi connectivity index (χ2n) is 7.07. The van der Waals surface area contributed by atoms with E-state index in [0.717, 1.165) is 30.2 Å². The van der Waals surface area contributed by atoms with Crippen LogP contribution < -0.4 is 15.4 Å².